The quantitative estimate of drug-likeness (QED) is 0.771. The molecule has 0 aliphatic rings. The number of aromatic nitrogens is 1. The van der Waals surface area contributed by atoms with Crippen molar-refractivity contribution < 1.29 is 4.79 Å². The van der Waals surface area contributed by atoms with E-state index in [-0.39, 0.29) is 5.91 Å². The van der Waals surface area contributed by atoms with Crippen LogP contribution in [0.5, 0.6) is 0 Å². The molecule has 0 saturated carbocycles. The van der Waals surface area contributed by atoms with Crippen LogP contribution in [0.25, 0.3) is 10.6 Å². The number of nitrogens with zero attached hydrogens (tertiary/aromatic N) is 1. The molecule has 0 fully saturated rings. The summed E-state index contributed by atoms with van der Waals surface area (Å²) in [6.45, 7) is 0.456. The molecule has 0 saturated heterocycles. The maximum absolute atomic E-state index is 12.2. The van der Waals surface area contributed by atoms with Crippen molar-refractivity contribution >= 4 is 28.8 Å². The standard InChI is InChI=1S/C17H13ClN2OS/c18-14-7-5-12(6-8-14)16(21)20-11-13-3-1-2-4-15(13)17-19-9-10-22-17/h1-10H,11H2,(H,20,21). The Morgan fingerprint density at radius 2 is 1.91 bits per heavy atom. The van der Waals surface area contributed by atoms with Crippen molar-refractivity contribution in [3.63, 3.8) is 0 Å². The number of nitrogens with one attached hydrogen (secondary N) is 1. The predicted molar refractivity (Wildman–Crippen MR) is 90.2 cm³/mol. The van der Waals surface area contributed by atoms with Gasteiger partial charge in [0.2, 0.25) is 0 Å². The zero-order chi connectivity index (χ0) is 15.4. The van der Waals surface area contributed by atoms with Crippen LogP contribution in [0.4, 0.5) is 0 Å². The van der Waals surface area contributed by atoms with Gasteiger partial charge >= 0.3 is 0 Å². The summed E-state index contributed by atoms with van der Waals surface area (Å²) in [4.78, 5) is 16.5. The summed E-state index contributed by atoms with van der Waals surface area (Å²) in [5, 5.41) is 6.45. The van der Waals surface area contributed by atoms with Crippen molar-refractivity contribution in [3.05, 3.63) is 76.3 Å². The fraction of sp³-hybridized carbons (Fsp3) is 0.0588. The number of hydrogen-bond donors (Lipinski definition) is 1. The van der Waals surface area contributed by atoms with E-state index in [0.29, 0.717) is 17.1 Å². The summed E-state index contributed by atoms with van der Waals surface area (Å²) in [7, 11) is 0. The average Bonchev–Trinajstić information content (AvgIpc) is 3.08. The zero-order valence-electron chi connectivity index (χ0n) is 11.6. The van der Waals surface area contributed by atoms with Crippen molar-refractivity contribution in [1.29, 1.82) is 0 Å². The Hall–Kier alpha value is -2.17. The Morgan fingerprint density at radius 1 is 1.14 bits per heavy atom. The van der Waals surface area contributed by atoms with Gasteiger partial charge in [-0.05, 0) is 29.8 Å². The van der Waals surface area contributed by atoms with Crippen molar-refractivity contribution in [2.45, 2.75) is 6.54 Å². The lowest BCUT2D eigenvalue weighted by atomic mass is 10.1. The van der Waals surface area contributed by atoms with Crippen LogP contribution in [-0.4, -0.2) is 10.9 Å². The van der Waals surface area contributed by atoms with E-state index in [9.17, 15) is 4.79 Å². The van der Waals surface area contributed by atoms with E-state index in [1.165, 1.54) is 0 Å². The highest BCUT2D eigenvalue weighted by molar-refractivity contribution is 7.13. The number of hydrogen-bond acceptors (Lipinski definition) is 3. The summed E-state index contributed by atoms with van der Waals surface area (Å²) in [5.41, 5.74) is 2.68. The molecule has 1 heterocycles. The molecule has 3 aromatic rings. The Kier molecular flexibility index (Phi) is 4.51. The average molecular weight is 329 g/mol. The first-order chi connectivity index (χ1) is 10.7. The minimum atomic E-state index is -0.120. The van der Waals surface area contributed by atoms with E-state index in [4.69, 9.17) is 11.6 Å². The molecule has 1 aromatic heterocycles. The second-order valence-electron chi connectivity index (χ2n) is 4.68. The highest BCUT2D eigenvalue weighted by Crippen LogP contribution is 2.25. The molecule has 0 unspecified atom stereocenters. The molecule has 0 aliphatic heterocycles. The third kappa shape index (κ3) is 3.35. The maximum atomic E-state index is 12.2. The van der Waals surface area contributed by atoms with Crippen molar-refractivity contribution in [2.24, 2.45) is 0 Å². The first kappa shape index (κ1) is 14.8. The van der Waals surface area contributed by atoms with Crippen LogP contribution >= 0.6 is 22.9 Å². The Labute approximate surface area is 137 Å². The third-order valence-electron chi connectivity index (χ3n) is 3.23. The highest BCUT2D eigenvalue weighted by Gasteiger charge is 2.09. The summed E-state index contributed by atoms with van der Waals surface area (Å²) in [6, 6.07) is 14.8. The van der Waals surface area contributed by atoms with E-state index in [1.54, 1.807) is 41.8 Å². The smallest absolute Gasteiger partial charge is 0.251 e. The lowest BCUT2D eigenvalue weighted by molar-refractivity contribution is 0.0951. The van der Waals surface area contributed by atoms with Gasteiger partial charge in [0, 0.05) is 34.3 Å². The van der Waals surface area contributed by atoms with Crippen molar-refractivity contribution in [2.75, 3.05) is 0 Å². The molecule has 3 rings (SSSR count). The molecule has 0 radical (unpaired) electrons. The van der Waals surface area contributed by atoms with Gasteiger partial charge in [-0.25, -0.2) is 4.98 Å². The number of halogens is 1. The molecular weight excluding hydrogens is 316 g/mol. The van der Waals surface area contributed by atoms with Gasteiger partial charge in [0.05, 0.1) is 0 Å². The molecule has 0 aliphatic carbocycles. The predicted octanol–water partition coefficient (Wildman–Crippen LogP) is 4.39. The number of thiazole rings is 1. The van der Waals surface area contributed by atoms with E-state index in [0.717, 1.165) is 16.1 Å². The van der Waals surface area contributed by atoms with E-state index >= 15 is 0 Å². The normalized spacial score (nSPS) is 10.4. The molecule has 5 heteroatoms. The molecule has 22 heavy (non-hydrogen) atoms. The lowest BCUT2D eigenvalue weighted by Crippen LogP contribution is -2.23. The van der Waals surface area contributed by atoms with E-state index in [1.807, 2.05) is 29.6 Å². The molecule has 3 nitrogen and oxygen atoms in total. The highest BCUT2D eigenvalue weighted by atomic mass is 35.5. The lowest BCUT2D eigenvalue weighted by Gasteiger charge is -2.09. The fourth-order valence-electron chi connectivity index (χ4n) is 2.12. The van der Waals surface area contributed by atoms with Crippen LogP contribution in [0.3, 0.4) is 0 Å². The first-order valence-electron chi connectivity index (χ1n) is 6.75. The van der Waals surface area contributed by atoms with Gasteiger partial charge in [-0.3, -0.25) is 4.79 Å². The number of carbonyl (C=O) groups excluding carboxylic acids is 1. The molecule has 110 valence electrons. The molecule has 1 amide bonds. The van der Waals surface area contributed by atoms with Crippen LogP contribution in [-0.2, 0) is 6.54 Å². The second-order valence-corrected chi connectivity index (χ2v) is 6.01. The van der Waals surface area contributed by atoms with Crippen LogP contribution in [0, 0.1) is 0 Å². The van der Waals surface area contributed by atoms with Gasteiger partial charge in [0.15, 0.2) is 0 Å². The Morgan fingerprint density at radius 3 is 2.64 bits per heavy atom. The summed E-state index contributed by atoms with van der Waals surface area (Å²) in [6.07, 6.45) is 1.78. The number of amides is 1. The van der Waals surface area contributed by atoms with Gasteiger partial charge in [0.1, 0.15) is 5.01 Å². The van der Waals surface area contributed by atoms with Gasteiger partial charge in [-0.15, -0.1) is 11.3 Å². The molecule has 0 spiro atoms. The largest absolute Gasteiger partial charge is 0.348 e. The minimum Gasteiger partial charge on any atom is -0.348 e. The first-order valence-corrected chi connectivity index (χ1v) is 8.01. The summed E-state index contributed by atoms with van der Waals surface area (Å²) >= 11 is 7.41. The summed E-state index contributed by atoms with van der Waals surface area (Å²) in [5.74, 6) is -0.120. The SMILES string of the molecule is O=C(NCc1ccccc1-c1nccs1)c1ccc(Cl)cc1. The van der Waals surface area contributed by atoms with Gasteiger partial charge in [-0.2, -0.15) is 0 Å². The van der Waals surface area contributed by atoms with Crippen LogP contribution < -0.4 is 5.32 Å². The number of benzene rings is 2. The van der Waals surface area contributed by atoms with Gasteiger partial charge < -0.3 is 5.32 Å². The van der Waals surface area contributed by atoms with E-state index < -0.39 is 0 Å². The van der Waals surface area contributed by atoms with Crippen molar-refractivity contribution in [1.82, 2.24) is 10.3 Å². The second kappa shape index (κ2) is 6.73. The Bertz CT molecular complexity index is 770. The molecule has 2 aromatic carbocycles. The zero-order valence-corrected chi connectivity index (χ0v) is 13.2. The monoisotopic (exact) mass is 328 g/mol. The maximum Gasteiger partial charge on any atom is 0.251 e. The van der Waals surface area contributed by atoms with Gasteiger partial charge in [-0.1, -0.05) is 35.9 Å². The number of rotatable bonds is 4. The Balaban J connectivity index is 1.74. The van der Waals surface area contributed by atoms with Crippen LogP contribution in [0.1, 0.15) is 15.9 Å². The van der Waals surface area contributed by atoms with Crippen molar-refractivity contribution in [3.8, 4) is 10.6 Å². The van der Waals surface area contributed by atoms with Crippen LogP contribution in [0.2, 0.25) is 5.02 Å². The molecular formula is C17H13ClN2OS. The fourth-order valence-corrected chi connectivity index (χ4v) is 2.94. The van der Waals surface area contributed by atoms with Gasteiger partial charge in [0.25, 0.3) is 5.91 Å². The third-order valence-corrected chi connectivity index (χ3v) is 4.28. The van der Waals surface area contributed by atoms with Crippen LogP contribution in [0.15, 0.2) is 60.1 Å². The molecule has 0 atom stereocenters. The summed E-state index contributed by atoms with van der Waals surface area (Å²) < 4.78 is 0. The molecule has 0 bridgehead atoms. The van der Waals surface area contributed by atoms with E-state index in [2.05, 4.69) is 10.3 Å². The minimum absolute atomic E-state index is 0.120. The molecule has 1 N–H and O–H groups in total. The topological polar surface area (TPSA) is 42.0 Å². The number of carbonyl (C=O) groups is 1.